The zero-order valence-corrected chi connectivity index (χ0v) is 8.87. The fourth-order valence-corrected chi connectivity index (χ4v) is 1.99. The maximum absolute atomic E-state index is 9.60. The molecule has 1 aliphatic rings. The molecule has 0 amide bonds. The summed E-state index contributed by atoms with van der Waals surface area (Å²) in [4.78, 5) is 0. The van der Waals surface area contributed by atoms with Gasteiger partial charge in [-0.05, 0) is 32.2 Å². The van der Waals surface area contributed by atoms with Crippen molar-refractivity contribution in [1.82, 2.24) is 5.32 Å². The smallest absolute Gasteiger partial charge is 0.0972 e. The molecule has 0 aliphatic heterocycles. The van der Waals surface area contributed by atoms with Gasteiger partial charge in [-0.2, -0.15) is 0 Å². The van der Waals surface area contributed by atoms with Crippen LogP contribution in [0.4, 0.5) is 0 Å². The zero-order valence-electron chi connectivity index (χ0n) is 8.87. The van der Waals surface area contributed by atoms with Crippen LogP contribution < -0.4 is 11.1 Å². The van der Waals surface area contributed by atoms with Crippen molar-refractivity contribution in [2.75, 3.05) is 19.7 Å². The normalized spacial score (nSPS) is 31.7. The van der Waals surface area contributed by atoms with Gasteiger partial charge in [-0.15, -0.1) is 0 Å². The third-order valence-electron chi connectivity index (χ3n) is 3.05. The summed E-state index contributed by atoms with van der Waals surface area (Å²) in [7, 11) is 0. The summed E-state index contributed by atoms with van der Waals surface area (Å²) in [6.07, 6.45) is 3.51. The van der Waals surface area contributed by atoms with E-state index in [0.29, 0.717) is 25.0 Å². The van der Waals surface area contributed by atoms with Crippen molar-refractivity contribution in [3.8, 4) is 0 Å². The summed E-state index contributed by atoms with van der Waals surface area (Å²) in [6, 6.07) is 0.415. The molecule has 0 bridgehead atoms. The van der Waals surface area contributed by atoms with Crippen molar-refractivity contribution in [2.45, 2.75) is 37.8 Å². The molecule has 0 spiro atoms. The van der Waals surface area contributed by atoms with Crippen LogP contribution in [-0.4, -0.2) is 41.6 Å². The van der Waals surface area contributed by atoms with Gasteiger partial charge in [-0.3, -0.25) is 0 Å². The van der Waals surface area contributed by atoms with Crippen LogP contribution in [0.15, 0.2) is 0 Å². The van der Waals surface area contributed by atoms with Gasteiger partial charge < -0.3 is 21.3 Å². The van der Waals surface area contributed by atoms with E-state index < -0.39 is 5.60 Å². The number of hydrogen-bond acceptors (Lipinski definition) is 4. The molecule has 3 unspecified atom stereocenters. The van der Waals surface area contributed by atoms with Gasteiger partial charge in [0.1, 0.15) is 0 Å². The zero-order chi connectivity index (χ0) is 10.6. The molecule has 84 valence electrons. The van der Waals surface area contributed by atoms with E-state index in [1.54, 1.807) is 6.92 Å². The van der Waals surface area contributed by atoms with Gasteiger partial charge in [0.2, 0.25) is 0 Å². The minimum atomic E-state index is -1.01. The second-order valence-corrected chi connectivity index (χ2v) is 4.57. The molecule has 0 aromatic heterocycles. The fraction of sp³-hybridized carbons (Fsp3) is 1.00. The van der Waals surface area contributed by atoms with E-state index in [0.717, 1.165) is 6.42 Å². The van der Waals surface area contributed by atoms with Crippen molar-refractivity contribution in [1.29, 1.82) is 0 Å². The Morgan fingerprint density at radius 1 is 1.50 bits per heavy atom. The lowest BCUT2D eigenvalue weighted by Crippen LogP contribution is -2.46. The van der Waals surface area contributed by atoms with Crippen LogP contribution in [0.3, 0.4) is 0 Å². The van der Waals surface area contributed by atoms with Gasteiger partial charge in [-0.25, -0.2) is 0 Å². The number of hydrogen-bond donors (Lipinski definition) is 4. The maximum Gasteiger partial charge on any atom is 0.0972 e. The number of nitrogens with one attached hydrogen (secondary N) is 1. The molecule has 0 saturated heterocycles. The van der Waals surface area contributed by atoms with Gasteiger partial charge in [0.05, 0.1) is 12.2 Å². The lowest BCUT2D eigenvalue weighted by Gasteiger charge is -2.26. The molecular formula is C10H22N2O2. The van der Waals surface area contributed by atoms with Crippen molar-refractivity contribution >= 4 is 0 Å². The lowest BCUT2D eigenvalue weighted by molar-refractivity contribution is -0.0000431. The Bertz CT molecular complexity index is 174. The van der Waals surface area contributed by atoms with Gasteiger partial charge >= 0.3 is 0 Å². The molecule has 0 aromatic rings. The van der Waals surface area contributed by atoms with Crippen molar-refractivity contribution in [2.24, 2.45) is 11.7 Å². The first-order valence-electron chi connectivity index (χ1n) is 5.36. The molecule has 1 rings (SSSR count). The highest BCUT2D eigenvalue weighted by Gasteiger charge is 2.28. The van der Waals surface area contributed by atoms with Crippen molar-refractivity contribution in [3.63, 3.8) is 0 Å². The minimum absolute atomic E-state index is 0.208. The van der Waals surface area contributed by atoms with Crippen LogP contribution in [0, 0.1) is 5.92 Å². The monoisotopic (exact) mass is 202 g/mol. The average Bonchev–Trinajstić information content (AvgIpc) is 2.62. The van der Waals surface area contributed by atoms with Crippen LogP contribution in [0.5, 0.6) is 0 Å². The van der Waals surface area contributed by atoms with Crippen LogP contribution >= 0.6 is 0 Å². The standard InChI is InChI=1S/C10H22N2O2/c1-10(14,7-13)6-12-9-4-2-3-8(9)5-11/h8-9,12-14H,2-7,11H2,1H3. The fourth-order valence-electron chi connectivity index (χ4n) is 1.99. The second kappa shape index (κ2) is 5.07. The number of nitrogens with two attached hydrogens (primary N) is 1. The Morgan fingerprint density at radius 3 is 2.79 bits per heavy atom. The van der Waals surface area contributed by atoms with E-state index in [1.807, 2.05) is 0 Å². The average molecular weight is 202 g/mol. The van der Waals surface area contributed by atoms with Gasteiger partial charge in [0.15, 0.2) is 0 Å². The summed E-state index contributed by atoms with van der Waals surface area (Å²) in [5.41, 5.74) is 4.63. The third kappa shape index (κ3) is 3.20. The quantitative estimate of drug-likeness (QED) is 0.482. The molecule has 14 heavy (non-hydrogen) atoms. The van der Waals surface area contributed by atoms with Crippen LogP contribution in [0.25, 0.3) is 0 Å². The summed E-state index contributed by atoms with van der Waals surface area (Å²) in [6.45, 7) is 2.57. The first-order valence-corrected chi connectivity index (χ1v) is 5.36. The Labute approximate surface area is 85.5 Å². The summed E-state index contributed by atoms with van der Waals surface area (Å²) >= 11 is 0. The summed E-state index contributed by atoms with van der Waals surface area (Å²) in [5.74, 6) is 0.532. The third-order valence-corrected chi connectivity index (χ3v) is 3.05. The number of rotatable bonds is 5. The van der Waals surface area contributed by atoms with Crippen LogP contribution in [0.1, 0.15) is 26.2 Å². The molecular weight excluding hydrogens is 180 g/mol. The summed E-state index contributed by atoms with van der Waals surface area (Å²) < 4.78 is 0. The highest BCUT2D eigenvalue weighted by atomic mass is 16.3. The van der Waals surface area contributed by atoms with E-state index in [2.05, 4.69) is 5.32 Å². The van der Waals surface area contributed by atoms with Crippen molar-refractivity contribution < 1.29 is 10.2 Å². The molecule has 1 saturated carbocycles. The van der Waals surface area contributed by atoms with Gasteiger partial charge in [-0.1, -0.05) is 6.42 Å². The van der Waals surface area contributed by atoms with E-state index in [4.69, 9.17) is 10.8 Å². The predicted molar refractivity (Wildman–Crippen MR) is 55.9 cm³/mol. The first-order chi connectivity index (χ1) is 6.59. The van der Waals surface area contributed by atoms with Crippen LogP contribution in [-0.2, 0) is 0 Å². The molecule has 1 aliphatic carbocycles. The molecule has 1 fully saturated rings. The number of aliphatic hydroxyl groups excluding tert-OH is 1. The SMILES string of the molecule is CC(O)(CO)CNC1CCCC1CN. The maximum atomic E-state index is 9.60. The van der Waals surface area contributed by atoms with E-state index in [-0.39, 0.29) is 6.61 Å². The molecule has 0 radical (unpaired) electrons. The van der Waals surface area contributed by atoms with Gasteiger partial charge in [0.25, 0.3) is 0 Å². The Hall–Kier alpha value is -0.160. The molecule has 5 N–H and O–H groups in total. The van der Waals surface area contributed by atoms with E-state index in [9.17, 15) is 5.11 Å². The minimum Gasteiger partial charge on any atom is -0.393 e. The molecule has 3 atom stereocenters. The Balaban J connectivity index is 2.30. The second-order valence-electron chi connectivity index (χ2n) is 4.57. The highest BCUT2D eigenvalue weighted by molar-refractivity contribution is 4.86. The highest BCUT2D eigenvalue weighted by Crippen LogP contribution is 2.24. The first kappa shape index (κ1) is 11.9. The van der Waals surface area contributed by atoms with E-state index >= 15 is 0 Å². The molecule has 0 heterocycles. The largest absolute Gasteiger partial charge is 0.393 e. The van der Waals surface area contributed by atoms with E-state index in [1.165, 1.54) is 12.8 Å². The molecule has 4 heteroatoms. The van der Waals surface area contributed by atoms with Crippen LogP contribution in [0.2, 0.25) is 0 Å². The molecule has 4 nitrogen and oxygen atoms in total. The van der Waals surface area contributed by atoms with Gasteiger partial charge in [0, 0.05) is 12.6 Å². The lowest BCUT2D eigenvalue weighted by atomic mass is 10.0. The Kier molecular flexibility index (Phi) is 4.31. The topological polar surface area (TPSA) is 78.5 Å². The number of aliphatic hydroxyl groups is 2. The Morgan fingerprint density at radius 2 is 2.21 bits per heavy atom. The van der Waals surface area contributed by atoms with Crippen molar-refractivity contribution in [3.05, 3.63) is 0 Å². The molecule has 0 aromatic carbocycles. The summed E-state index contributed by atoms with van der Waals surface area (Å²) in [5, 5.41) is 21.8. The predicted octanol–water partition coefficient (Wildman–Crippen LogP) is -0.553.